The summed E-state index contributed by atoms with van der Waals surface area (Å²) >= 11 is 0. The molecule has 0 aromatic carbocycles. The molecular formula is C14H20N6O3. The van der Waals surface area contributed by atoms with Gasteiger partial charge in [-0.25, -0.2) is 0 Å². The molecule has 2 unspecified atom stereocenters. The van der Waals surface area contributed by atoms with Gasteiger partial charge in [-0.3, -0.25) is 9.48 Å². The van der Waals surface area contributed by atoms with E-state index in [-0.39, 0.29) is 17.8 Å². The topological polar surface area (TPSA) is 108 Å². The van der Waals surface area contributed by atoms with Gasteiger partial charge in [0.05, 0.1) is 28.6 Å². The molecule has 2 aromatic rings. The van der Waals surface area contributed by atoms with Crippen molar-refractivity contribution in [3.05, 3.63) is 39.8 Å². The largest absolute Gasteiger partial charge is 0.390 e. The van der Waals surface area contributed by atoms with Crippen LogP contribution in [-0.4, -0.2) is 30.4 Å². The Morgan fingerprint density at radius 3 is 2.65 bits per heavy atom. The van der Waals surface area contributed by atoms with Gasteiger partial charge in [0.2, 0.25) is 5.91 Å². The van der Waals surface area contributed by atoms with Gasteiger partial charge in [-0.2, -0.15) is 9.78 Å². The molecule has 124 valence electrons. The Morgan fingerprint density at radius 2 is 2.13 bits per heavy atom. The first-order valence-corrected chi connectivity index (χ1v) is 7.37. The van der Waals surface area contributed by atoms with Gasteiger partial charge in [-0.1, -0.05) is 0 Å². The van der Waals surface area contributed by atoms with Crippen molar-refractivity contribution in [1.82, 2.24) is 24.9 Å². The number of aryl methyl sites for hydroxylation is 2. The Morgan fingerprint density at radius 1 is 1.43 bits per heavy atom. The number of amides is 1. The Labute approximate surface area is 133 Å². The van der Waals surface area contributed by atoms with Crippen LogP contribution >= 0.6 is 0 Å². The fraction of sp³-hybridized carbons (Fsp3) is 0.500. The highest BCUT2D eigenvalue weighted by Crippen LogP contribution is 2.17. The Kier molecular flexibility index (Phi) is 4.77. The zero-order valence-corrected chi connectivity index (χ0v) is 13.6. The van der Waals surface area contributed by atoms with Crippen LogP contribution < -0.4 is 5.32 Å². The molecule has 1 N–H and O–H groups in total. The van der Waals surface area contributed by atoms with Gasteiger partial charge in [0.25, 0.3) is 0 Å². The molecule has 0 fully saturated rings. The number of nitro groups is 1. The number of nitrogens with one attached hydrogen (secondary N) is 1. The molecule has 2 rings (SSSR count). The minimum atomic E-state index is -0.653. The molecule has 9 nitrogen and oxygen atoms in total. The van der Waals surface area contributed by atoms with E-state index in [0.29, 0.717) is 5.69 Å². The van der Waals surface area contributed by atoms with E-state index in [2.05, 4.69) is 15.5 Å². The third-order valence-electron chi connectivity index (χ3n) is 3.63. The van der Waals surface area contributed by atoms with Crippen LogP contribution in [0.4, 0.5) is 5.82 Å². The number of rotatable bonds is 6. The van der Waals surface area contributed by atoms with Gasteiger partial charge in [0.1, 0.15) is 6.04 Å². The minimum Gasteiger partial charge on any atom is -0.358 e. The van der Waals surface area contributed by atoms with Crippen LogP contribution in [0, 0.1) is 17.0 Å². The van der Waals surface area contributed by atoms with E-state index in [1.54, 1.807) is 18.5 Å². The Hall–Kier alpha value is -2.71. The number of aromatic nitrogens is 4. The second-order valence-electron chi connectivity index (χ2n) is 5.35. The summed E-state index contributed by atoms with van der Waals surface area (Å²) in [7, 11) is 0. The predicted molar refractivity (Wildman–Crippen MR) is 82.8 cm³/mol. The molecule has 9 heteroatoms. The van der Waals surface area contributed by atoms with Crippen molar-refractivity contribution in [2.75, 3.05) is 0 Å². The van der Waals surface area contributed by atoms with E-state index in [9.17, 15) is 14.9 Å². The van der Waals surface area contributed by atoms with E-state index in [4.69, 9.17) is 0 Å². The summed E-state index contributed by atoms with van der Waals surface area (Å²) in [6.07, 6.45) is 1.85. The van der Waals surface area contributed by atoms with Crippen molar-refractivity contribution in [3.63, 3.8) is 0 Å². The second kappa shape index (κ2) is 6.59. The van der Waals surface area contributed by atoms with E-state index in [1.807, 2.05) is 26.1 Å². The van der Waals surface area contributed by atoms with E-state index in [1.165, 1.54) is 10.7 Å². The average molecular weight is 320 g/mol. The molecule has 0 aliphatic rings. The number of carbonyl (C=O) groups excluding carboxylic acids is 1. The standard InChI is InChI=1S/C14H20N6O3/c1-5-18-7-6-12(16-18)10(3)15-14(21)11(4)19-9(2)8-13(17-19)20(22)23/h6-8,10-11H,5H2,1-4H3,(H,15,21). The average Bonchev–Trinajstić information content (AvgIpc) is 3.12. The summed E-state index contributed by atoms with van der Waals surface area (Å²) in [5.74, 6) is -0.540. The third-order valence-corrected chi connectivity index (χ3v) is 3.63. The molecule has 0 bridgehead atoms. The van der Waals surface area contributed by atoms with Gasteiger partial charge in [0, 0.05) is 12.7 Å². The zero-order valence-electron chi connectivity index (χ0n) is 13.6. The predicted octanol–water partition coefficient (Wildman–Crippen LogP) is 1.75. The van der Waals surface area contributed by atoms with Gasteiger partial charge >= 0.3 is 5.82 Å². The number of hydrogen-bond donors (Lipinski definition) is 1. The summed E-state index contributed by atoms with van der Waals surface area (Å²) in [5, 5.41) is 21.8. The molecule has 2 aromatic heterocycles. The van der Waals surface area contributed by atoms with Gasteiger partial charge in [-0.15, -0.1) is 0 Å². The lowest BCUT2D eigenvalue weighted by atomic mass is 10.2. The summed E-state index contributed by atoms with van der Waals surface area (Å²) in [6.45, 7) is 7.90. The van der Waals surface area contributed by atoms with Crippen LogP contribution in [-0.2, 0) is 11.3 Å². The summed E-state index contributed by atoms with van der Waals surface area (Å²) in [6, 6.07) is 2.28. The van der Waals surface area contributed by atoms with Crippen molar-refractivity contribution in [3.8, 4) is 0 Å². The fourth-order valence-electron chi connectivity index (χ4n) is 2.26. The number of hydrogen-bond acceptors (Lipinski definition) is 5. The summed E-state index contributed by atoms with van der Waals surface area (Å²) in [4.78, 5) is 22.6. The molecule has 0 saturated carbocycles. The first-order chi connectivity index (χ1) is 10.8. The fourth-order valence-corrected chi connectivity index (χ4v) is 2.26. The van der Waals surface area contributed by atoms with Crippen LogP contribution in [0.15, 0.2) is 18.3 Å². The quantitative estimate of drug-likeness (QED) is 0.644. The lowest BCUT2D eigenvalue weighted by Crippen LogP contribution is -2.34. The first-order valence-electron chi connectivity index (χ1n) is 7.37. The van der Waals surface area contributed by atoms with Crippen LogP contribution in [0.1, 0.15) is 44.2 Å². The van der Waals surface area contributed by atoms with Crippen LogP contribution in [0.5, 0.6) is 0 Å². The number of carbonyl (C=O) groups is 1. The van der Waals surface area contributed by atoms with Crippen molar-refractivity contribution in [2.24, 2.45) is 0 Å². The van der Waals surface area contributed by atoms with E-state index >= 15 is 0 Å². The van der Waals surface area contributed by atoms with Crippen molar-refractivity contribution >= 4 is 11.7 Å². The maximum Gasteiger partial charge on any atom is 0.390 e. The molecule has 0 aliphatic carbocycles. The van der Waals surface area contributed by atoms with Crippen LogP contribution in [0.2, 0.25) is 0 Å². The minimum absolute atomic E-state index is 0.261. The maximum absolute atomic E-state index is 12.4. The molecule has 0 aliphatic heterocycles. The van der Waals surface area contributed by atoms with E-state index in [0.717, 1.165) is 12.2 Å². The number of nitrogens with zero attached hydrogens (tertiary/aromatic N) is 5. The smallest absolute Gasteiger partial charge is 0.358 e. The zero-order chi connectivity index (χ0) is 17.1. The SMILES string of the molecule is CCn1ccc(C(C)NC(=O)C(C)n2nc([N+](=O)[O-])cc2C)n1. The maximum atomic E-state index is 12.4. The first kappa shape index (κ1) is 16.7. The van der Waals surface area contributed by atoms with Gasteiger partial charge < -0.3 is 15.4 Å². The molecule has 0 spiro atoms. The lowest BCUT2D eigenvalue weighted by Gasteiger charge is -2.15. The molecular weight excluding hydrogens is 300 g/mol. The normalized spacial score (nSPS) is 13.6. The van der Waals surface area contributed by atoms with Crippen molar-refractivity contribution < 1.29 is 9.72 Å². The molecule has 1 amide bonds. The Balaban J connectivity index is 2.09. The molecule has 2 heterocycles. The second-order valence-corrected chi connectivity index (χ2v) is 5.35. The van der Waals surface area contributed by atoms with Crippen molar-refractivity contribution in [2.45, 2.75) is 46.3 Å². The van der Waals surface area contributed by atoms with Gasteiger partial charge in [0.15, 0.2) is 0 Å². The van der Waals surface area contributed by atoms with Crippen LogP contribution in [0.3, 0.4) is 0 Å². The molecule has 2 atom stereocenters. The molecule has 0 radical (unpaired) electrons. The molecule has 0 saturated heterocycles. The highest BCUT2D eigenvalue weighted by Gasteiger charge is 2.25. The third kappa shape index (κ3) is 3.55. The summed E-state index contributed by atoms with van der Waals surface area (Å²) in [5.41, 5.74) is 1.32. The highest BCUT2D eigenvalue weighted by molar-refractivity contribution is 5.80. The van der Waals surface area contributed by atoms with E-state index < -0.39 is 11.0 Å². The van der Waals surface area contributed by atoms with Gasteiger partial charge in [-0.05, 0) is 38.7 Å². The lowest BCUT2D eigenvalue weighted by molar-refractivity contribution is -0.389. The molecule has 23 heavy (non-hydrogen) atoms. The van der Waals surface area contributed by atoms with Crippen molar-refractivity contribution in [1.29, 1.82) is 0 Å². The summed E-state index contributed by atoms with van der Waals surface area (Å²) < 4.78 is 3.13. The van der Waals surface area contributed by atoms with Crippen LogP contribution in [0.25, 0.3) is 0 Å². The highest BCUT2D eigenvalue weighted by atomic mass is 16.6. The monoisotopic (exact) mass is 320 g/mol. The Bertz CT molecular complexity index is 720.